The molecule has 0 aromatic heterocycles. The molecule has 2 aromatic carbocycles. The van der Waals surface area contributed by atoms with Crippen molar-refractivity contribution >= 4 is 11.9 Å². The third kappa shape index (κ3) is 6.36. The summed E-state index contributed by atoms with van der Waals surface area (Å²) < 4.78 is 6.02. The van der Waals surface area contributed by atoms with E-state index in [0.717, 1.165) is 55.7 Å². The molecule has 182 valence electrons. The minimum Gasteiger partial charge on any atom is -0.489 e. The molecule has 0 saturated carbocycles. The van der Waals surface area contributed by atoms with Gasteiger partial charge in [0.25, 0.3) is 0 Å². The fourth-order valence-electron chi connectivity index (χ4n) is 5.24. The Morgan fingerprint density at radius 3 is 1.88 bits per heavy atom. The molecule has 2 fully saturated rings. The fraction of sp³-hybridized carbons (Fsp3) is 0.481. The number of rotatable bonds is 11. The predicted molar refractivity (Wildman–Crippen MR) is 129 cm³/mol. The zero-order valence-electron chi connectivity index (χ0n) is 19.4. The first-order valence-corrected chi connectivity index (χ1v) is 12.2. The van der Waals surface area contributed by atoms with Crippen LogP contribution in [0.3, 0.4) is 0 Å². The van der Waals surface area contributed by atoms with Crippen molar-refractivity contribution in [2.45, 2.75) is 32.3 Å². The summed E-state index contributed by atoms with van der Waals surface area (Å²) >= 11 is 0. The van der Waals surface area contributed by atoms with Crippen molar-refractivity contribution in [1.82, 2.24) is 10.6 Å². The third-order valence-electron chi connectivity index (χ3n) is 7.18. The molecule has 0 aliphatic carbocycles. The molecule has 34 heavy (non-hydrogen) atoms. The number of aliphatic carboxylic acids is 2. The average Bonchev–Trinajstić information content (AvgIpc) is 3.55. The zero-order chi connectivity index (χ0) is 23.9. The maximum atomic E-state index is 11.8. The molecule has 2 aromatic rings. The van der Waals surface area contributed by atoms with Gasteiger partial charge in [-0.3, -0.25) is 9.59 Å². The number of carboxylic acids is 2. The SMILES string of the molecule is O=C(O)C(Cc1cccc(COc2cccc(CC(C(=O)O)[C@H]3CCNC3)c2)c1)[C@H]1CCNC1. The third-order valence-corrected chi connectivity index (χ3v) is 7.18. The zero-order valence-corrected chi connectivity index (χ0v) is 19.4. The summed E-state index contributed by atoms with van der Waals surface area (Å²) in [4.78, 5) is 23.6. The molecule has 0 radical (unpaired) electrons. The fourth-order valence-corrected chi connectivity index (χ4v) is 5.24. The van der Waals surface area contributed by atoms with Crippen molar-refractivity contribution in [3.05, 3.63) is 65.2 Å². The van der Waals surface area contributed by atoms with E-state index in [1.165, 1.54) is 0 Å². The summed E-state index contributed by atoms with van der Waals surface area (Å²) in [5, 5.41) is 25.9. The Labute approximate surface area is 200 Å². The van der Waals surface area contributed by atoms with Gasteiger partial charge in [-0.1, -0.05) is 36.4 Å². The minimum atomic E-state index is -0.745. The molecule has 2 saturated heterocycles. The highest BCUT2D eigenvalue weighted by Gasteiger charge is 2.31. The van der Waals surface area contributed by atoms with Crippen LogP contribution in [0.4, 0.5) is 0 Å². The summed E-state index contributed by atoms with van der Waals surface area (Å²) in [5.74, 6) is -1.25. The van der Waals surface area contributed by atoms with Crippen LogP contribution in [0.25, 0.3) is 0 Å². The summed E-state index contributed by atoms with van der Waals surface area (Å²) in [7, 11) is 0. The standard InChI is InChI=1S/C27H34N2O5/c30-26(31)24(21-7-9-28-15-21)13-18-3-1-5-20(11-18)17-34-23-6-2-4-19(12-23)14-25(27(32)33)22-8-10-29-16-22/h1-6,11-12,21-22,24-25,28-29H,7-10,13-17H2,(H,30,31)(H,32,33)/t21-,22-,24?,25?/m0/s1. The van der Waals surface area contributed by atoms with Gasteiger partial charge in [-0.2, -0.15) is 0 Å². The van der Waals surface area contributed by atoms with Crippen LogP contribution in [0.15, 0.2) is 48.5 Å². The van der Waals surface area contributed by atoms with E-state index in [9.17, 15) is 19.8 Å². The summed E-state index contributed by atoms with van der Waals surface area (Å²) in [5.41, 5.74) is 2.95. The Morgan fingerprint density at radius 1 is 0.824 bits per heavy atom. The molecule has 7 heteroatoms. The van der Waals surface area contributed by atoms with Crippen molar-refractivity contribution in [1.29, 1.82) is 0 Å². The van der Waals surface area contributed by atoms with Gasteiger partial charge in [0.15, 0.2) is 0 Å². The topological polar surface area (TPSA) is 108 Å². The second-order valence-electron chi connectivity index (χ2n) is 9.56. The number of hydrogen-bond acceptors (Lipinski definition) is 5. The van der Waals surface area contributed by atoms with Gasteiger partial charge in [0.2, 0.25) is 0 Å². The lowest BCUT2D eigenvalue weighted by atomic mass is 9.86. The molecule has 2 heterocycles. The van der Waals surface area contributed by atoms with Crippen LogP contribution in [0, 0.1) is 23.7 Å². The number of carboxylic acid groups (broad SMARTS) is 2. The van der Waals surface area contributed by atoms with Gasteiger partial charge >= 0.3 is 11.9 Å². The first-order valence-electron chi connectivity index (χ1n) is 12.2. The monoisotopic (exact) mass is 466 g/mol. The highest BCUT2D eigenvalue weighted by atomic mass is 16.5. The normalized spacial score (nSPS) is 21.8. The van der Waals surface area contributed by atoms with E-state index in [2.05, 4.69) is 10.6 Å². The van der Waals surface area contributed by atoms with Crippen LogP contribution in [0.5, 0.6) is 5.75 Å². The van der Waals surface area contributed by atoms with Crippen molar-refractivity contribution in [2.75, 3.05) is 26.2 Å². The molecule has 0 spiro atoms. The van der Waals surface area contributed by atoms with Crippen molar-refractivity contribution in [3.63, 3.8) is 0 Å². The average molecular weight is 467 g/mol. The molecule has 4 N–H and O–H groups in total. The molecule has 0 bridgehead atoms. The van der Waals surface area contributed by atoms with Crippen LogP contribution in [-0.4, -0.2) is 48.3 Å². The van der Waals surface area contributed by atoms with Crippen molar-refractivity contribution in [2.24, 2.45) is 23.7 Å². The van der Waals surface area contributed by atoms with Crippen LogP contribution < -0.4 is 15.4 Å². The lowest BCUT2D eigenvalue weighted by Gasteiger charge is -2.19. The summed E-state index contributed by atoms with van der Waals surface area (Å²) in [6.45, 7) is 3.64. The maximum Gasteiger partial charge on any atom is 0.307 e. The van der Waals surface area contributed by atoms with Gasteiger partial charge in [-0.25, -0.2) is 0 Å². The molecular formula is C27H34N2O5. The molecule has 2 aliphatic rings. The molecule has 2 unspecified atom stereocenters. The van der Waals surface area contributed by atoms with Crippen LogP contribution >= 0.6 is 0 Å². The molecule has 2 aliphatic heterocycles. The second kappa shape index (κ2) is 11.5. The van der Waals surface area contributed by atoms with Gasteiger partial charge in [0.05, 0.1) is 11.8 Å². The lowest BCUT2D eigenvalue weighted by Crippen LogP contribution is -2.27. The number of benzene rings is 2. The van der Waals surface area contributed by atoms with Gasteiger partial charge in [-0.05, 0) is 92.5 Å². The highest BCUT2D eigenvalue weighted by Crippen LogP contribution is 2.26. The van der Waals surface area contributed by atoms with E-state index in [-0.39, 0.29) is 17.8 Å². The first-order chi connectivity index (χ1) is 16.5. The Hall–Kier alpha value is -2.90. The predicted octanol–water partition coefficient (Wildman–Crippen LogP) is 2.97. The number of carbonyl (C=O) groups is 2. The Bertz CT molecular complexity index is 903. The first kappa shape index (κ1) is 24.2. The molecular weight excluding hydrogens is 432 g/mol. The van der Waals surface area contributed by atoms with Gasteiger partial charge in [-0.15, -0.1) is 0 Å². The van der Waals surface area contributed by atoms with Crippen LogP contribution in [-0.2, 0) is 29.0 Å². The van der Waals surface area contributed by atoms with Gasteiger partial charge in [0, 0.05) is 0 Å². The lowest BCUT2D eigenvalue weighted by molar-refractivity contribution is -0.144. The quantitative estimate of drug-likeness (QED) is 0.403. The molecule has 4 atom stereocenters. The van der Waals surface area contributed by atoms with E-state index in [4.69, 9.17) is 4.74 Å². The van der Waals surface area contributed by atoms with Crippen molar-refractivity contribution < 1.29 is 24.5 Å². The number of hydrogen-bond donors (Lipinski definition) is 4. The van der Waals surface area contributed by atoms with E-state index in [1.54, 1.807) is 0 Å². The minimum absolute atomic E-state index is 0.152. The second-order valence-corrected chi connectivity index (χ2v) is 9.56. The van der Waals surface area contributed by atoms with E-state index in [1.807, 2.05) is 48.5 Å². The maximum absolute atomic E-state index is 11.8. The molecule has 4 rings (SSSR count). The summed E-state index contributed by atoms with van der Waals surface area (Å²) in [6.07, 6.45) is 2.79. The Kier molecular flexibility index (Phi) is 8.19. The van der Waals surface area contributed by atoms with Crippen molar-refractivity contribution in [3.8, 4) is 5.75 Å². The Balaban J connectivity index is 1.37. The summed E-state index contributed by atoms with van der Waals surface area (Å²) in [6, 6.07) is 15.6. The smallest absolute Gasteiger partial charge is 0.307 e. The molecule has 0 amide bonds. The number of ether oxygens (including phenoxy) is 1. The van der Waals surface area contributed by atoms with Crippen LogP contribution in [0.2, 0.25) is 0 Å². The highest BCUT2D eigenvalue weighted by molar-refractivity contribution is 5.71. The van der Waals surface area contributed by atoms with Gasteiger partial charge < -0.3 is 25.6 Å². The van der Waals surface area contributed by atoms with E-state index >= 15 is 0 Å². The van der Waals surface area contributed by atoms with Gasteiger partial charge in [0.1, 0.15) is 12.4 Å². The van der Waals surface area contributed by atoms with Crippen LogP contribution in [0.1, 0.15) is 29.5 Å². The van der Waals surface area contributed by atoms with E-state index in [0.29, 0.717) is 25.2 Å². The molecule has 7 nitrogen and oxygen atoms in total. The van der Waals surface area contributed by atoms with E-state index < -0.39 is 17.9 Å². The largest absolute Gasteiger partial charge is 0.489 e. The number of nitrogens with one attached hydrogen (secondary N) is 2. The Morgan fingerprint density at radius 2 is 1.35 bits per heavy atom.